The molecule has 0 amide bonds. The van der Waals surface area contributed by atoms with Gasteiger partial charge in [-0.3, -0.25) is 4.79 Å². The third-order valence-electron chi connectivity index (χ3n) is 4.11. The Hall–Kier alpha value is -2.25. The van der Waals surface area contributed by atoms with Crippen LogP contribution < -0.4 is 10.9 Å². The first kappa shape index (κ1) is 18.5. The van der Waals surface area contributed by atoms with Gasteiger partial charge in [0.2, 0.25) is 0 Å². The SMILES string of the molecule is CCSc1nc2c(c(=O)[nH]1)[C@H](c1ccc(Cl)cc1)C(C(=O)OC)=C(C)N2. The summed E-state index contributed by atoms with van der Waals surface area (Å²) < 4.78 is 4.95. The van der Waals surface area contributed by atoms with Crippen LogP contribution >= 0.6 is 23.4 Å². The monoisotopic (exact) mass is 391 g/mol. The normalized spacial score (nSPS) is 16.1. The van der Waals surface area contributed by atoms with E-state index >= 15 is 0 Å². The Morgan fingerprint density at radius 2 is 2.04 bits per heavy atom. The molecule has 1 aromatic carbocycles. The smallest absolute Gasteiger partial charge is 0.336 e. The van der Waals surface area contributed by atoms with Crippen molar-refractivity contribution < 1.29 is 9.53 Å². The predicted molar refractivity (Wildman–Crippen MR) is 103 cm³/mol. The fourth-order valence-electron chi connectivity index (χ4n) is 3.01. The van der Waals surface area contributed by atoms with Gasteiger partial charge < -0.3 is 15.0 Å². The number of carbonyl (C=O) groups excluding carboxylic acids is 1. The van der Waals surface area contributed by atoms with E-state index in [-0.39, 0.29) is 5.56 Å². The largest absolute Gasteiger partial charge is 0.466 e. The summed E-state index contributed by atoms with van der Waals surface area (Å²) in [5.41, 5.74) is 1.85. The van der Waals surface area contributed by atoms with Gasteiger partial charge in [0.1, 0.15) is 5.82 Å². The lowest BCUT2D eigenvalue weighted by molar-refractivity contribution is -0.136. The number of fused-ring (bicyclic) bond motifs is 1. The zero-order valence-electron chi connectivity index (χ0n) is 14.6. The average molecular weight is 392 g/mol. The Bertz CT molecular complexity index is 938. The summed E-state index contributed by atoms with van der Waals surface area (Å²) in [6.07, 6.45) is 0. The van der Waals surface area contributed by atoms with Gasteiger partial charge in [0, 0.05) is 10.7 Å². The summed E-state index contributed by atoms with van der Waals surface area (Å²) in [4.78, 5) is 32.6. The number of carbonyl (C=O) groups is 1. The molecule has 0 aliphatic carbocycles. The van der Waals surface area contributed by atoms with Crippen LogP contribution in [0.25, 0.3) is 0 Å². The van der Waals surface area contributed by atoms with Crippen LogP contribution in [0.5, 0.6) is 0 Å². The maximum absolute atomic E-state index is 12.8. The molecule has 1 aliphatic rings. The quantitative estimate of drug-likeness (QED) is 0.471. The molecule has 136 valence electrons. The van der Waals surface area contributed by atoms with Crippen LogP contribution in [0.3, 0.4) is 0 Å². The number of nitrogens with zero attached hydrogens (tertiary/aromatic N) is 1. The lowest BCUT2D eigenvalue weighted by Crippen LogP contribution is -2.30. The number of aromatic nitrogens is 2. The molecule has 8 heteroatoms. The van der Waals surface area contributed by atoms with Crippen LogP contribution in [0, 0.1) is 0 Å². The number of halogens is 1. The van der Waals surface area contributed by atoms with Crippen molar-refractivity contribution in [3.8, 4) is 0 Å². The zero-order chi connectivity index (χ0) is 18.8. The Labute approximate surface area is 160 Å². The predicted octanol–water partition coefficient (Wildman–Crippen LogP) is 3.54. The Kier molecular flexibility index (Phi) is 5.38. The number of esters is 1. The minimum absolute atomic E-state index is 0.285. The van der Waals surface area contributed by atoms with E-state index in [2.05, 4.69) is 15.3 Å². The van der Waals surface area contributed by atoms with Gasteiger partial charge in [-0.25, -0.2) is 9.78 Å². The van der Waals surface area contributed by atoms with Crippen molar-refractivity contribution in [2.75, 3.05) is 18.2 Å². The van der Waals surface area contributed by atoms with Gasteiger partial charge in [0.15, 0.2) is 5.16 Å². The number of benzene rings is 1. The van der Waals surface area contributed by atoms with Crippen molar-refractivity contribution in [1.82, 2.24) is 9.97 Å². The molecule has 0 saturated heterocycles. The molecule has 2 aromatic rings. The molecular weight excluding hydrogens is 374 g/mol. The molecule has 26 heavy (non-hydrogen) atoms. The minimum Gasteiger partial charge on any atom is -0.466 e. The first-order valence-corrected chi connectivity index (χ1v) is 9.41. The summed E-state index contributed by atoms with van der Waals surface area (Å²) in [6, 6.07) is 7.05. The number of aromatic amines is 1. The molecule has 3 rings (SSSR count). The van der Waals surface area contributed by atoms with Crippen LogP contribution in [-0.2, 0) is 9.53 Å². The Morgan fingerprint density at radius 1 is 1.35 bits per heavy atom. The van der Waals surface area contributed by atoms with Gasteiger partial charge in [-0.05, 0) is 30.4 Å². The van der Waals surface area contributed by atoms with E-state index in [1.54, 1.807) is 31.2 Å². The molecule has 6 nitrogen and oxygen atoms in total. The number of allylic oxidation sites excluding steroid dienone is 1. The molecule has 0 spiro atoms. The lowest BCUT2D eigenvalue weighted by atomic mass is 9.82. The number of hydrogen-bond acceptors (Lipinski definition) is 6. The van der Waals surface area contributed by atoms with E-state index in [1.165, 1.54) is 18.9 Å². The van der Waals surface area contributed by atoms with Crippen LogP contribution in [0.1, 0.15) is 30.9 Å². The Balaban J connectivity index is 2.25. The van der Waals surface area contributed by atoms with E-state index in [9.17, 15) is 9.59 Å². The number of ether oxygens (including phenoxy) is 1. The van der Waals surface area contributed by atoms with E-state index in [0.717, 1.165) is 11.3 Å². The highest BCUT2D eigenvalue weighted by atomic mass is 35.5. The van der Waals surface area contributed by atoms with Gasteiger partial charge in [-0.2, -0.15) is 0 Å². The van der Waals surface area contributed by atoms with Crippen LogP contribution in [0.2, 0.25) is 5.02 Å². The standard InChI is InChI=1S/C18H18ClN3O3S/c1-4-26-18-21-15-14(16(23)22-18)13(10-5-7-11(19)8-6-10)12(9(2)20-15)17(24)25-3/h5-8,13H,4H2,1-3H3,(H2,20,21,22,23)/t13-/m1/s1. The number of anilines is 1. The summed E-state index contributed by atoms with van der Waals surface area (Å²) in [5, 5.41) is 4.19. The fraction of sp³-hybridized carbons (Fsp3) is 0.278. The fourth-order valence-corrected chi connectivity index (χ4v) is 3.73. The van der Waals surface area contributed by atoms with Crippen molar-refractivity contribution in [2.24, 2.45) is 0 Å². The maximum atomic E-state index is 12.8. The summed E-state index contributed by atoms with van der Waals surface area (Å²) >= 11 is 7.44. The van der Waals surface area contributed by atoms with Crippen LogP contribution in [0.4, 0.5) is 5.82 Å². The van der Waals surface area contributed by atoms with Gasteiger partial charge in [-0.1, -0.05) is 42.4 Å². The van der Waals surface area contributed by atoms with Crippen LogP contribution in [0.15, 0.2) is 45.5 Å². The highest BCUT2D eigenvalue weighted by Gasteiger charge is 2.36. The average Bonchev–Trinajstić information content (AvgIpc) is 2.61. The number of hydrogen-bond donors (Lipinski definition) is 2. The lowest BCUT2D eigenvalue weighted by Gasteiger charge is -2.28. The van der Waals surface area contributed by atoms with Gasteiger partial charge >= 0.3 is 5.97 Å². The molecule has 0 saturated carbocycles. The second kappa shape index (κ2) is 7.55. The van der Waals surface area contributed by atoms with Gasteiger partial charge in [-0.15, -0.1) is 0 Å². The van der Waals surface area contributed by atoms with Crippen molar-refractivity contribution in [3.63, 3.8) is 0 Å². The van der Waals surface area contributed by atoms with E-state index in [1.807, 2.05) is 6.92 Å². The minimum atomic E-state index is -0.590. The molecule has 1 atom stereocenters. The van der Waals surface area contributed by atoms with Crippen molar-refractivity contribution >= 4 is 35.1 Å². The molecule has 2 N–H and O–H groups in total. The molecule has 1 aliphatic heterocycles. The molecule has 0 fully saturated rings. The molecule has 0 unspecified atom stereocenters. The number of rotatable bonds is 4. The second-order valence-corrected chi connectivity index (χ2v) is 7.40. The highest BCUT2D eigenvalue weighted by Crippen LogP contribution is 2.40. The van der Waals surface area contributed by atoms with Gasteiger partial charge in [0.25, 0.3) is 5.56 Å². The molecule has 1 aromatic heterocycles. The molecule has 2 heterocycles. The second-order valence-electron chi connectivity index (χ2n) is 5.71. The third-order valence-corrected chi connectivity index (χ3v) is 5.12. The topological polar surface area (TPSA) is 84.1 Å². The summed E-state index contributed by atoms with van der Waals surface area (Å²) in [6.45, 7) is 3.75. The number of nitrogens with one attached hydrogen (secondary N) is 2. The molecule has 0 radical (unpaired) electrons. The highest BCUT2D eigenvalue weighted by molar-refractivity contribution is 7.99. The van der Waals surface area contributed by atoms with E-state index in [4.69, 9.17) is 16.3 Å². The summed E-state index contributed by atoms with van der Waals surface area (Å²) in [7, 11) is 1.32. The van der Waals surface area contributed by atoms with E-state index in [0.29, 0.717) is 32.8 Å². The maximum Gasteiger partial charge on any atom is 0.336 e. The first-order valence-electron chi connectivity index (χ1n) is 8.04. The Morgan fingerprint density at radius 3 is 2.65 bits per heavy atom. The van der Waals surface area contributed by atoms with Crippen molar-refractivity contribution in [3.05, 3.63) is 62.0 Å². The van der Waals surface area contributed by atoms with Gasteiger partial charge in [0.05, 0.1) is 24.2 Å². The van der Waals surface area contributed by atoms with Crippen LogP contribution in [-0.4, -0.2) is 28.8 Å². The number of thioether (sulfide) groups is 1. The van der Waals surface area contributed by atoms with Crippen molar-refractivity contribution in [1.29, 1.82) is 0 Å². The first-order chi connectivity index (χ1) is 12.5. The summed E-state index contributed by atoms with van der Waals surface area (Å²) in [5.74, 6) is 0.152. The molecular formula is C18H18ClN3O3S. The number of methoxy groups -OCH3 is 1. The zero-order valence-corrected chi connectivity index (χ0v) is 16.1. The molecule has 0 bridgehead atoms. The number of H-pyrrole nitrogens is 1. The third kappa shape index (κ3) is 3.37. The van der Waals surface area contributed by atoms with E-state index < -0.39 is 11.9 Å². The van der Waals surface area contributed by atoms with Crippen molar-refractivity contribution in [2.45, 2.75) is 24.9 Å².